The first-order valence-electron chi connectivity index (χ1n) is 8.28. The van der Waals surface area contributed by atoms with Gasteiger partial charge >= 0.3 is 0 Å². The first-order valence-corrected chi connectivity index (χ1v) is 8.66. The first-order chi connectivity index (χ1) is 12.0. The number of carbonyl (C=O) groups excluding carboxylic acids is 1. The van der Waals surface area contributed by atoms with Gasteiger partial charge < -0.3 is 5.73 Å². The SMILES string of the molecule is NC(=O)[C@@H](c1ccc(Cl)cc1)N1CCN(Cc2ccc(F)cc2)CC1. The van der Waals surface area contributed by atoms with E-state index in [9.17, 15) is 9.18 Å². The summed E-state index contributed by atoms with van der Waals surface area (Å²) < 4.78 is 13.0. The molecule has 25 heavy (non-hydrogen) atoms. The van der Waals surface area contributed by atoms with E-state index in [1.165, 1.54) is 12.1 Å². The molecule has 2 N–H and O–H groups in total. The quantitative estimate of drug-likeness (QED) is 0.891. The van der Waals surface area contributed by atoms with E-state index >= 15 is 0 Å². The molecule has 132 valence electrons. The van der Waals surface area contributed by atoms with Gasteiger partial charge in [-0.3, -0.25) is 14.6 Å². The highest BCUT2D eigenvalue weighted by Crippen LogP contribution is 2.24. The van der Waals surface area contributed by atoms with Crippen LogP contribution in [0.1, 0.15) is 17.2 Å². The largest absolute Gasteiger partial charge is 0.368 e. The summed E-state index contributed by atoms with van der Waals surface area (Å²) in [6, 6.07) is 13.4. The van der Waals surface area contributed by atoms with E-state index in [1.54, 1.807) is 12.1 Å². The maximum Gasteiger partial charge on any atom is 0.239 e. The van der Waals surface area contributed by atoms with Crippen LogP contribution in [0, 0.1) is 5.82 Å². The highest BCUT2D eigenvalue weighted by atomic mass is 35.5. The Bertz CT molecular complexity index is 712. The molecule has 0 aromatic heterocycles. The smallest absolute Gasteiger partial charge is 0.239 e. The van der Waals surface area contributed by atoms with Gasteiger partial charge in [-0.15, -0.1) is 0 Å². The average molecular weight is 362 g/mol. The molecule has 1 saturated heterocycles. The van der Waals surface area contributed by atoms with Crippen molar-refractivity contribution in [2.45, 2.75) is 12.6 Å². The molecule has 6 heteroatoms. The van der Waals surface area contributed by atoms with Crippen molar-refractivity contribution in [1.29, 1.82) is 0 Å². The molecule has 1 aliphatic heterocycles. The molecular formula is C19H21ClFN3O. The summed E-state index contributed by atoms with van der Waals surface area (Å²) in [4.78, 5) is 16.4. The number of carbonyl (C=O) groups is 1. The lowest BCUT2D eigenvalue weighted by Gasteiger charge is -2.38. The molecule has 4 nitrogen and oxygen atoms in total. The Labute approximate surface area is 152 Å². The van der Waals surface area contributed by atoms with Gasteiger partial charge in [0, 0.05) is 37.7 Å². The predicted octanol–water partition coefficient (Wildman–Crippen LogP) is 2.82. The average Bonchev–Trinajstić information content (AvgIpc) is 2.60. The third kappa shape index (κ3) is 4.57. The third-order valence-corrected chi connectivity index (χ3v) is 4.80. The molecule has 1 aliphatic rings. The molecule has 0 radical (unpaired) electrons. The zero-order valence-corrected chi connectivity index (χ0v) is 14.6. The molecule has 0 unspecified atom stereocenters. The van der Waals surface area contributed by atoms with Crippen molar-refractivity contribution < 1.29 is 9.18 Å². The molecule has 3 rings (SSSR count). The minimum Gasteiger partial charge on any atom is -0.368 e. The van der Waals surface area contributed by atoms with Gasteiger partial charge in [0.25, 0.3) is 0 Å². The lowest BCUT2D eigenvalue weighted by Crippen LogP contribution is -2.49. The second kappa shape index (κ2) is 7.95. The monoisotopic (exact) mass is 361 g/mol. The molecule has 0 saturated carbocycles. The maximum absolute atomic E-state index is 13.0. The number of nitrogens with two attached hydrogens (primary N) is 1. The summed E-state index contributed by atoms with van der Waals surface area (Å²) in [6.45, 7) is 3.93. The van der Waals surface area contributed by atoms with Gasteiger partial charge in [0.05, 0.1) is 0 Å². The summed E-state index contributed by atoms with van der Waals surface area (Å²) in [6.07, 6.45) is 0. The summed E-state index contributed by atoms with van der Waals surface area (Å²) >= 11 is 5.93. The fourth-order valence-electron chi connectivity index (χ4n) is 3.23. The van der Waals surface area contributed by atoms with Crippen molar-refractivity contribution in [2.75, 3.05) is 26.2 Å². The molecule has 1 fully saturated rings. The van der Waals surface area contributed by atoms with E-state index in [1.807, 2.05) is 24.3 Å². The minimum atomic E-state index is -0.440. The van der Waals surface area contributed by atoms with E-state index in [-0.39, 0.29) is 11.7 Å². The highest BCUT2D eigenvalue weighted by Gasteiger charge is 2.28. The van der Waals surface area contributed by atoms with Crippen molar-refractivity contribution in [3.05, 3.63) is 70.5 Å². The minimum absolute atomic E-state index is 0.221. The van der Waals surface area contributed by atoms with E-state index in [4.69, 9.17) is 17.3 Å². The lowest BCUT2D eigenvalue weighted by molar-refractivity contribution is -0.124. The fraction of sp³-hybridized carbons (Fsp3) is 0.316. The van der Waals surface area contributed by atoms with E-state index in [0.29, 0.717) is 5.02 Å². The van der Waals surface area contributed by atoms with Crippen LogP contribution in [0.5, 0.6) is 0 Å². The van der Waals surface area contributed by atoms with Gasteiger partial charge in [-0.25, -0.2) is 4.39 Å². The van der Waals surface area contributed by atoms with Crippen LogP contribution in [0.4, 0.5) is 4.39 Å². The van der Waals surface area contributed by atoms with E-state index < -0.39 is 6.04 Å². The van der Waals surface area contributed by atoms with Crippen LogP contribution in [0.2, 0.25) is 5.02 Å². The summed E-state index contributed by atoms with van der Waals surface area (Å²) in [5.74, 6) is -0.574. The Morgan fingerprint density at radius 2 is 1.64 bits per heavy atom. The zero-order chi connectivity index (χ0) is 17.8. The number of hydrogen-bond donors (Lipinski definition) is 1. The molecular weight excluding hydrogens is 341 g/mol. The van der Waals surface area contributed by atoms with Crippen LogP contribution in [0.3, 0.4) is 0 Å². The van der Waals surface area contributed by atoms with Gasteiger partial charge in [-0.2, -0.15) is 0 Å². The Hall–Kier alpha value is -1.95. The number of hydrogen-bond acceptors (Lipinski definition) is 3. The maximum atomic E-state index is 13.0. The number of rotatable bonds is 5. The van der Waals surface area contributed by atoms with E-state index in [2.05, 4.69) is 9.80 Å². The molecule has 0 spiro atoms. The van der Waals surface area contributed by atoms with Crippen LogP contribution in [0.25, 0.3) is 0 Å². The Kier molecular flexibility index (Phi) is 5.68. The Balaban J connectivity index is 1.62. The zero-order valence-electron chi connectivity index (χ0n) is 13.9. The van der Waals surface area contributed by atoms with Crippen molar-refractivity contribution in [3.63, 3.8) is 0 Å². The standard InChI is InChI=1S/C19H21ClFN3O/c20-16-5-3-15(4-6-16)18(19(22)25)24-11-9-23(10-12-24)13-14-1-7-17(21)8-2-14/h1-8,18H,9-13H2,(H2,22,25)/t18-/m1/s1. The summed E-state index contributed by atoms with van der Waals surface area (Å²) in [5, 5.41) is 0.635. The summed E-state index contributed by atoms with van der Waals surface area (Å²) in [7, 11) is 0. The molecule has 1 atom stereocenters. The number of amides is 1. The molecule has 2 aromatic rings. The van der Waals surface area contributed by atoms with Crippen molar-refractivity contribution in [1.82, 2.24) is 9.80 Å². The second-order valence-electron chi connectivity index (χ2n) is 6.30. The Morgan fingerprint density at radius 1 is 1.04 bits per heavy atom. The van der Waals surface area contributed by atoms with Gasteiger partial charge in [-0.1, -0.05) is 35.9 Å². The van der Waals surface area contributed by atoms with Crippen molar-refractivity contribution in [2.24, 2.45) is 5.73 Å². The molecule has 1 heterocycles. The lowest BCUT2D eigenvalue weighted by atomic mass is 10.0. The molecule has 1 amide bonds. The number of benzene rings is 2. The van der Waals surface area contributed by atoms with Gasteiger partial charge in [0.15, 0.2) is 0 Å². The molecule has 2 aromatic carbocycles. The van der Waals surface area contributed by atoms with Crippen molar-refractivity contribution in [3.8, 4) is 0 Å². The second-order valence-corrected chi connectivity index (χ2v) is 6.73. The normalized spacial score (nSPS) is 17.4. The number of primary amides is 1. The van der Waals surface area contributed by atoms with Gasteiger partial charge in [-0.05, 0) is 35.4 Å². The fourth-order valence-corrected chi connectivity index (χ4v) is 3.35. The number of nitrogens with zero attached hydrogens (tertiary/aromatic N) is 2. The van der Waals surface area contributed by atoms with E-state index in [0.717, 1.165) is 43.9 Å². The predicted molar refractivity (Wildman–Crippen MR) is 96.6 cm³/mol. The first kappa shape index (κ1) is 17.9. The van der Waals surface area contributed by atoms with Gasteiger partial charge in [0.2, 0.25) is 5.91 Å². The van der Waals surface area contributed by atoms with Crippen molar-refractivity contribution >= 4 is 17.5 Å². The summed E-state index contributed by atoms with van der Waals surface area (Å²) in [5.41, 5.74) is 7.59. The molecule has 0 bridgehead atoms. The third-order valence-electron chi connectivity index (χ3n) is 4.55. The van der Waals surface area contributed by atoms with Crippen LogP contribution < -0.4 is 5.73 Å². The highest BCUT2D eigenvalue weighted by molar-refractivity contribution is 6.30. The van der Waals surface area contributed by atoms with Gasteiger partial charge in [0.1, 0.15) is 11.9 Å². The Morgan fingerprint density at radius 3 is 2.20 bits per heavy atom. The topological polar surface area (TPSA) is 49.6 Å². The van der Waals surface area contributed by atoms with Crippen LogP contribution >= 0.6 is 11.6 Å². The van der Waals surface area contributed by atoms with Crippen LogP contribution in [0.15, 0.2) is 48.5 Å². The number of halogens is 2. The number of piperazine rings is 1. The van der Waals surface area contributed by atoms with Crippen LogP contribution in [-0.2, 0) is 11.3 Å². The van der Waals surface area contributed by atoms with Crippen LogP contribution in [-0.4, -0.2) is 41.9 Å². The molecule has 0 aliphatic carbocycles.